The average molecular weight is 260 g/mol. The van der Waals surface area contributed by atoms with Crippen LogP contribution in [0.15, 0.2) is 18.5 Å². The van der Waals surface area contributed by atoms with E-state index in [1.807, 2.05) is 13.8 Å². The molecule has 1 unspecified atom stereocenters. The summed E-state index contributed by atoms with van der Waals surface area (Å²) in [6, 6.07) is 1.78. The van der Waals surface area contributed by atoms with Gasteiger partial charge in [0, 0.05) is 32.0 Å². The summed E-state index contributed by atoms with van der Waals surface area (Å²) in [5, 5.41) is 10.6. The maximum absolute atomic E-state index is 10.0. The van der Waals surface area contributed by atoms with E-state index in [9.17, 15) is 5.11 Å². The zero-order chi connectivity index (χ0) is 12.7. The predicted molar refractivity (Wildman–Crippen MR) is 66.0 cm³/mol. The smallest absolute Gasteiger partial charge is 0.183 e. The number of ether oxygens (including phenoxy) is 2. The highest BCUT2D eigenvalue weighted by Gasteiger charge is 2.20. The van der Waals surface area contributed by atoms with Crippen molar-refractivity contribution in [2.75, 3.05) is 13.2 Å². The number of hydrogen-bond acceptors (Lipinski definition) is 4. The Kier molecular flexibility index (Phi) is 6.44. The molecule has 0 aliphatic rings. The average Bonchev–Trinajstić information content (AvgIpc) is 2.32. The first-order chi connectivity index (χ1) is 8.19. The van der Waals surface area contributed by atoms with Gasteiger partial charge < -0.3 is 14.6 Å². The van der Waals surface area contributed by atoms with Crippen molar-refractivity contribution < 1.29 is 14.6 Å². The first-order valence-electron chi connectivity index (χ1n) is 5.68. The SMILES string of the molecule is CCOC(OCC)C(O)Cc1ccncc1Cl. The summed E-state index contributed by atoms with van der Waals surface area (Å²) in [4.78, 5) is 3.89. The van der Waals surface area contributed by atoms with Gasteiger partial charge in [-0.05, 0) is 25.5 Å². The lowest BCUT2D eigenvalue weighted by Crippen LogP contribution is -2.33. The van der Waals surface area contributed by atoms with Crippen LogP contribution < -0.4 is 0 Å². The number of nitrogens with zero attached hydrogens (tertiary/aromatic N) is 1. The molecule has 1 heterocycles. The second-order valence-electron chi connectivity index (χ2n) is 3.52. The minimum absolute atomic E-state index is 0.381. The molecule has 5 heteroatoms. The van der Waals surface area contributed by atoms with Gasteiger partial charge in [0.2, 0.25) is 0 Å². The molecule has 0 spiro atoms. The van der Waals surface area contributed by atoms with Gasteiger partial charge in [-0.3, -0.25) is 4.98 Å². The Hall–Kier alpha value is -0.680. The van der Waals surface area contributed by atoms with E-state index < -0.39 is 12.4 Å². The lowest BCUT2D eigenvalue weighted by atomic mass is 10.1. The second kappa shape index (κ2) is 7.61. The Morgan fingerprint density at radius 2 is 2.00 bits per heavy atom. The summed E-state index contributed by atoms with van der Waals surface area (Å²) in [7, 11) is 0. The molecule has 4 nitrogen and oxygen atoms in total. The van der Waals surface area contributed by atoms with Gasteiger partial charge in [-0.2, -0.15) is 0 Å². The van der Waals surface area contributed by atoms with Crippen LogP contribution in [0.25, 0.3) is 0 Å². The topological polar surface area (TPSA) is 51.6 Å². The molecule has 1 rings (SSSR count). The van der Waals surface area contributed by atoms with Crippen LogP contribution in [0.2, 0.25) is 5.02 Å². The quantitative estimate of drug-likeness (QED) is 0.762. The Balaban J connectivity index is 2.62. The van der Waals surface area contributed by atoms with Crippen LogP contribution in [0, 0.1) is 0 Å². The Bertz CT molecular complexity index is 329. The number of aromatic nitrogens is 1. The first-order valence-corrected chi connectivity index (χ1v) is 6.06. The fourth-order valence-corrected chi connectivity index (χ4v) is 1.69. The molecule has 0 fully saturated rings. The molecule has 96 valence electrons. The number of aliphatic hydroxyl groups is 1. The fourth-order valence-electron chi connectivity index (χ4n) is 1.49. The van der Waals surface area contributed by atoms with Gasteiger partial charge in [-0.1, -0.05) is 11.6 Å². The number of rotatable bonds is 7. The van der Waals surface area contributed by atoms with E-state index in [0.29, 0.717) is 24.7 Å². The van der Waals surface area contributed by atoms with Gasteiger partial charge in [-0.25, -0.2) is 0 Å². The van der Waals surface area contributed by atoms with Crippen LogP contribution in [0.3, 0.4) is 0 Å². The molecule has 1 N–H and O–H groups in total. The molecule has 0 aliphatic heterocycles. The number of hydrogen-bond donors (Lipinski definition) is 1. The van der Waals surface area contributed by atoms with E-state index in [-0.39, 0.29) is 0 Å². The molecular formula is C12H18ClNO3. The zero-order valence-electron chi connectivity index (χ0n) is 10.1. The van der Waals surface area contributed by atoms with Crippen molar-refractivity contribution in [3.63, 3.8) is 0 Å². The summed E-state index contributed by atoms with van der Waals surface area (Å²) in [5.41, 5.74) is 0.832. The van der Waals surface area contributed by atoms with E-state index in [1.165, 1.54) is 0 Å². The Labute approximate surface area is 107 Å². The maximum atomic E-state index is 10.0. The molecule has 0 aliphatic carbocycles. The molecule has 0 amide bonds. The van der Waals surface area contributed by atoms with E-state index in [0.717, 1.165) is 5.56 Å². The van der Waals surface area contributed by atoms with Crippen LogP contribution in [-0.4, -0.2) is 35.7 Å². The molecule has 0 bridgehead atoms. The van der Waals surface area contributed by atoms with E-state index >= 15 is 0 Å². The Morgan fingerprint density at radius 1 is 1.35 bits per heavy atom. The van der Waals surface area contributed by atoms with Crippen molar-refractivity contribution in [3.8, 4) is 0 Å². The van der Waals surface area contributed by atoms with Crippen molar-refractivity contribution in [2.45, 2.75) is 32.7 Å². The highest BCUT2D eigenvalue weighted by atomic mass is 35.5. The molecule has 1 atom stereocenters. The zero-order valence-corrected chi connectivity index (χ0v) is 10.9. The van der Waals surface area contributed by atoms with Crippen LogP contribution in [-0.2, 0) is 15.9 Å². The van der Waals surface area contributed by atoms with Gasteiger partial charge in [0.25, 0.3) is 0 Å². The molecule has 0 saturated carbocycles. The molecule has 0 radical (unpaired) electrons. The normalized spacial score (nSPS) is 13.0. The lowest BCUT2D eigenvalue weighted by Gasteiger charge is -2.22. The van der Waals surface area contributed by atoms with Crippen LogP contribution in [0.1, 0.15) is 19.4 Å². The lowest BCUT2D eigenvalue weighted by molar-refractivity contribution is -0.188. The van der Waals surface area contributed by atoms with Crippen molar-refractivity contribution in [2.24, 2.45) is 0 Å². The van der Waals surface area contributed by atoms with Crippen molar-refractivity contribution >= 4 is 11.6 Å². The highest BCUT2D eigenvalue weighted by molar-refractivity contribution is 6.31. The largest absolute Gasteiger partial charge is 0.387 e. The molecule has 0 aromatic carbocycles. The Morgan fingerprint density at radius 3 is 2.53 bits per heavy atom. The highest BCUT2D eigenvalue weighted by Crippen LogP contribution is 2.17. The van der Waals surface area contributed by atoms with Crippen LogP contribution >= 0.6 is 11.6 Å². The summed E-state index contributed by atoms with van der Waals surface area (Å²) in [5.74, 6) is 0. The number of pyridine rings is 1. The minimum atomic E-state index is -0.741. The summed E-state index contributed by atoms with van der Waals surface area (Å²) in [6.07, 6.45) is 2.22. The fraction of sp³-hybridized carbons (Fsp3) is 0.583. The predicted octanol–water partition coefficient (Wildman–Crippen LogP) is 2.04. The van der Waals surface area contributed by atoms with E-state index in [4.69, 9.17) is 21.1 Å². The van der Waals surface area contributed by atoms with Crippen molar-refractivity contribution in [1.82, 2.24) is 4.98 Å². The van der Waals surface area contributed by atoms with Crippen molar-refractivity contribution in [1.29, 1.82) is 0 Å². The van der Waals surface area contributed by atoms with Crippen molar-refractivity contribution in [3.05, 3.63) is 29.0 Å². The first kappa shape index (κ1) is 14.4. The van der Waals surface area contributed by atoms with Crippen LogP contribution in [0.4, 0.5) is 0 Å². The molecule has 1 aromatic heterocycles. The maximum Gasteiger partial charge on any atom is 0.183 e. The van der Waals surface area contributed by atoms with Gasteiger partial charge >= 0.3 is 0 Å². The third-order valence-corrected chi connectivity index (χ3v) is 2.60. The molecule has 1 aromatic rings. The number of halogens is 1. The van der Waals surface area contributed by atoms with Crippen LogP contribution in [0.5, 0.6) is 0 Å². The summed E-state index contributed by atoms with van der Waals surface area (Å²) in [6.45, 7) is 4.70. The van der Waals surface area contributed by atoms with E-state index in [2.05, 4.69) is 4.98 Å². The standard InChI is InChI=1S/C12H18ClNO3/c1-3-16-12(17-4-2)11(15)7-9-5-6-14-8-10(9)13/h5-6,8,11-12,15H,3-4,7H2,1-2H3. The van der Waals surface area contributed by atoms with Gasteiger partial charge in [0.15, 0.2) is 6.29 Å². The third kappa shape index (κ3) is 4.60. The van der Waals surface area contributed by atoms with Gasteiger partial charge in [-0.15, -0.1) is 0 Å². The van der Waals surface area contributed by atoms with Gasteiger partial charge in [0.05, 0.1) is 5.02 Å². The monoisotopic (exact) mass is 259 g/mol. The molecule has 17 heavy (non-hydrogen) atoms. The van der Waals surface area contributed by atoms with E-state index in [1.54, 1.807) is 18.5 Å². The summed E-state index contributed by atoms with van der Waals surface area (Å²) >= 11 is 5.97. The second-order valence-corrected chi connectivity index (χ2v) is 3.92. The summed E-state index contributed by atoms with van der Waals surface area (Å²) < 4.78 is 10.7. The molecule has 0 saturated heterocycles. The minimum Gasteiger partial charge on any atom is -0.387 e. The molecular weight excluding hydrogens is 242 g/mol. The third-order valence-electron chi connectivity index (χ3n) is 2.26. The number of aliphatic hydroxyl groups excluding tert-OH is 1. The van der Waals surface area contributed by atoms with Gasteiger partial charge in [0.1, 0.15) is 6.10 Å².